The van der Waals surface area contributed by atoms with Crippen molar-refractivity contribution in [3.8, 4) is 5.75 Å². The zero-order chi connectivity index (χ0) is 19.0. The van der Waals surface area contributed by atoms with Crippen molar-refractivity contribution in [3.63, 3.8) is 0 Å². The zero-order valence-corrected chi connectivity index (χ0v) is 15.4. The molecule has 0 bridgehead atoms. The Kier molecular flexibility index (Phi) is 4.44. The lowest BCUT2D eigenvalue weighted by atomic mass is 10.1. The molecule has 0 saturated heterocycles. The molecule has 138 valence electrons. The van der Waals surface area contributed by atoms with Gasteiger partial charge in [0.2, 0.25) is 0 Å². The number of para-hydroxylation sites is 1. The van der Waals surface area contributed by atoms with E-state index in [1.807, 2.05) is 38.1 Å². The second-order valence-electron chi connectivity index (χ2n) is 6.84. The highest BCUT2D eigenvalue weighted by Gasteiger charge is 2.30. The SMILES string of the molecule is CCc1cc(=O)oc2cc(OCC(=O)N3c4ccccc4C[C@@H]3C)ccc12. The summed E-state index contributed by atoms with van der Waals surface area (Å²) in [5, 5.41) is 0.887. The highest BCUT2D eigenvalue weighted by molar-refractivity contribution is 5.97. The quantitative estimate of drug-likeness (QED) is 0.663. The van der Waals surface area contributed by atoms with Crippen LogP contribution in [-0.2, 0) is 17.6 Å². The van der Waals surface area contributed by atoms with Crippen LogP contribution in [0.25, 0.3) is 11.0 Å². The Morgan fingerprint density at radius 3 is 2.85 bits per heavy atom. The van der Waals surface area contributed by atoms with E-state index < -0.39 is 0 Å². The Morgan fingerprint density at radius 2 is 2.04 bits per heavy atom. The van der Waals surface area contributed by atoms with Crippen LogP contribution >= 0.6 is 0 Å². The molecule has 0 aliphatic carbocycles. The van der Waals surface area contributed by atoms with Gasteiger partial charge in [0.25, 0.3) is 5.91 Å². The molecule has 0 unspecified atom stereocenters. The molecule has 3 aromatic rings. The third kappa shape index (κ3) is 3.21. The Balaban J connectivity index is 1.53. The van der Waals surface area contributed by atoms with E-state index in [1.54, 1.807) is 17.0 Å². The van der Waals surface area contributed by atoms with Gasteiger partial charge in [-0.25, -0.2) is 4.79 Å². The van der Waals surface area contributed by atoms with Crippen LogP contribution in [0, 0.1) is 0 Å². The summed E-state index contributed by atoms with van der Waals surface area (Å²) in [5.41, 5.74) is 3.17. The fourth-order valence-corrected chi connectivity index (χ4v) is 3.75. The normalized spacial score (nSPS) is 15.8. The molecule has 0 spiro atoms. The van der Waals surface area contributed by atoms with Crippen molar-refractivity contribution in [3.05, 3.63) is 70.1 Å². The predicted molar refractivity (Wildman–Crippen MR) is 104 cm³/mol. The van der Waals surface area contributed by atoms with Crippen molar-refractivity contribution >= 4 is 22.6 Å². The molecule has 1 aliphatic rings. The number of rotatable bonds is 4. The number of carbonyl (C=O) groups is 1. The topological polar surface area (TPSA) is 59.8 Å². The lowest BCUT2D eigenvalue weighted by Crippen LogP contribution is -2.39. The third-order valence-electron chi connectivity index (χ3n) is 5.02. The van der Waals surface area contributed by atoms with E-state index in [0.717, 1.165) is 29.5 Å². The molecule has 0 N–H and O–H groups in total. The molecule has 1 amide bonds. The van der Waals surface area contributed by atoms with E-state index in [1.165, 1.54) is 11.6 Å². The second-order valence-corrected chi connectivity index (χ2v) is 6.84. The minimum Gasteiger partial charge on any atom is -0.484 e. The van der Waals surface area contributed by atoms with E-state index in [-0.39, 0.29) is 24.2 Å². The molecule has 5 nitrogen and oxygen atoms in total. The first-order valence-electron chi connectivity index (χ1n) is 9.16. The average molecular weight is 363 g/mol. The molecule has 4 rings (SSSR count). The van der Waals surface area contributed by atoms with Gasteiger partial charge in [-0.2, -0.15) is 0 Å². The van der Waals surface area contributed by atoms with Gasteiger partial charge in [0.05, 0.1) is 0 Å². The van der Waals surface area contributed by atoms with Gasteiger partial charge in [0.1, 0.15) is 11.3 Å². The number of amides is 1. The van der Waals surface area contributed by atoms with Crippen LogP contribution in [0.15, 0.2) is 57.7 Å². The van der Waals surface area contributed by atoms with Crippen LogP contribution in [0.1, 0.15) is 25.0 Å². The molecule has 0 radical (unpaired) electrons. The summed E-state index contributed by atoms with van der Waals surface area (Å²) in [6.07, 6.45) is 1.59. The third-order valence-corrected chi connectivity index (χ3v) is 5.02. The fourth-order valence-electron chi connectivity index (χ4n) is 3.75. The standard InChI is InChI=1S/C22H21NO4/c1-3-15-11-22(25)27-20-12-17(8-9-18(15)20)26-13-21(24)23-14(2)10-16-6-4-5-7-19(16)23/h4-9,11-12,14H,3,10,13H2,1-2H3/t14-/m0/s1. The number of fused-ring (bicyclic) bond motifs is 2. The van der Waals surface area contributed by atoms with Crippen LogP contribution in [-0.4, -0.2) is 18.6 Å². The van der Waals surface area contributed by atoms with Crippen LogP contribution in [0.2, 0.25) is 0 Å². The number of nitrogens with zero attached hydrogens (tertiary/aromatic N) is 1. The van der Waals surface area contributed by atoms with Crippen LogP contribution in [0.3, 0.4) is 0 Å². The first kappa shape index (κ1) is 17.3. The second kappa shape index (κ2) is 6.91. The lowest BCUT2D eigenvalue weighted by molar-refractivity contribution is -0.120. The summed E-state index contributed by atoms with van der Waals surface area (Å²) in [5.74, 6) is 0.420. The van der Waals surface area contributed by atoms with E-state index in [9.17, 15) is 9.59 Å². The highest BCUT2D eigenvalue weighted by atomic mass is 16.5. The van der Waals surface area contributed by atoms with Crippen molar-refractivity contribution in [1.82, 2.24) is 0 Å². The summed E-state index contributed by atoms with van der Waals surface area (Å²) in [6.45, 7) is 3.96. The lowest BCUT2D eigenvalue weighted by Gasteiger charge is -2.22. The number of benzene rings is 2. The maximum atomic E-state index is 12.7. The molecule has 5 heteroatoms. The number of hydrogen-bond donors (Lipinski definition) is 0. The fraction of sp³-hybridized carbons (Fsp3) is 0.273. The summed E-state index contributed by atoms with van der Waals surface area (Å²) < 4.78 is 11.0. The minimum absolute atomic E-state index is 0.0676. The van der Waals surface area contributed by atoms with Gasteiger partial charge >= 0.3 is 5.63 Å². The van der Waals surface area contributed by atoms with E-state index >= 15 is 0 Å². The first-order chi connectivity index (χ1) is 13.1. The molecule has 0 fully saturated rings. The van der Waals surface area contributed by atoms with Gasteiger partial charge in [-0.3, -0.25) is 4.79 Å². The van der Waals surface area contributed by atoms with Gasteiger partial charge in [0, 0.05) is 29.2 Å². The van der Waals surface area contributed by atoms with E-state index in [0.29, 0.717) is 11.3 Å². The molecule has 1 aromatic heterocycles. The maximum absolute atomic E-state index is 12.7. The maximum Gasteiger partial charge on any atom is 0.336 e. The number of hydrogen-bond acceptors (Lipinski definition) is 4. The average Bonchev–Trinajstić information content (AvgIpc) is 3.00. The number of ether oxygens (including phenoxy) is 1. The first-order valence-corrected chi connectivity index (χ1v) is 9.16. The van der Waals surface area contributed by atoms with Gasteiger partial charge < -0.3 is 14.1 Å². The molecule has 0 saturated carbocycles. The molecule has 2 aromatic carbocycles. The summed E-state index contributed by atoms with van der Waals surface area (Å²) in [4.78, 5) is 26.2. The summed E-state index contributed by atoms with van der Waals surface area (Å²) >= 11 is 0. The molecule has 2 heterocycles. The summed E-state index contributed by atoms with van der Waals surface area (Å²) in [6, 6.07) is 14.9. The minimum atomic E-state index is -0.380. The number of aryl methyl sites for hydroxylation is 1. The van der Waals surface area contributed by atoms with Crippen molar-refractivity contribution in [1.29, 1.82) is 0 Å². The molecular weight excluding hydrogens is 342 g/mol. The molecule has 1 aliphatic heterocycles. The zero-order valence-electron chi connectivity index (χ0n) is 15.4. The van der Waals surface area contributed by atoms with E-state index in [2.05, 4.69) is 6.07 Å². The van der Waals surface area contributed by atoms with Gasteiger partial charge in [-0.1, -0.05) is 25.1 Å². The molecule has 1 atom stereocenters. The Bertz CT molecular complexity index is 1070. The van der Waals surface area contributed by atoms with Crippen molar-refractivity contribution in [2.45, 2.75) is 32.7 Å². The molecule has 27 heavy (non-hydrogen) atoms. The van der Waals surface area contributed by atoms with Crippen LogP contribution in [0.4, 0.5) is 5.69 Å². The monoisotopic (exact) mass is 363 g/mol. The van der Waals surface area contributed by atoms with Crippen LogP contribution < -0.4 is 15.3 Å². The van der Waals surface area contributed by atoms with Crippen molar-refractivity contribution in [2.75, 3.05) is 11.5 Å². The van der Waals surface area contributed by atoms with Gasteiger partial charge in [-0.15, -0.1) is 0 Å². The number of carbonyl (C=O) groups excluding carboxylic acids is 1. The smallest absolute Gasteiger partial charge is 0.336 e. The number of anilines is 1. The summed E-state index contributed by atoms with van der Waals surface area (Å²) in [7, 11) is 0. The van der Waals surface area contributed by atoms with Crippen LogP contribution in [0.5, 0.6) is 5.75 Å². The largest absolute Gasteiger partial charge is 0.484 e. The predicted octanol–water partition coefficient (Wildman–Crippen LogP) is 3.71. The molecular formula is C22H21NO4. The highest BCUT2D eigenvalue weighted by Crippen LogP contribution is 2.32. The van der Waals surface area contributed by atoms with Gasteiger partial charge in [0.15, 0.2) is 6.61 Å². The van der Waals surface area contributed by atoms with Crippen molar-refractivity contribution < 1.29 is 13.9 Å². The van der Waals surface area contributed by atoms with Gasteiger partial charge in [-0.05, 0) is 49.1 Å². The Morgan fingerprint density at radius 1 is 1.22 bits per heavy atom. The Hall–Kier alpha value is -3.08. The Labute approximate surface area is 157 Å². The van der Waals surface area contributed by atoms with E-state index in [4.69, 9.17) is 9.15 Å². The van der Waals surface area contributed by atoms with Crippen molar-refractivity contribution in [2.24, 2.45) is 0 Å².